The quantitative estimate of drug-likeness (QED) is 0.719. The number of anilines is 1. The number of benzene rings is 2. The van der Waals surface area contributed by atoms with Crippen LogP contribution in [-0.4, -0.2) is 23.4 Å². The van der Waals surface area contributed by atoms with Crippen LogP contribution in [0.5, 0.6) is 0 Å². The van der Waals surface area contributed by atoms with Gasteiger partial charge < -0.3 is 15.1 Å². The molecular weight excluding hydrogens is 358 g/mol. The summed E-state index contributed by atoms with van der Waals surface area (Å²) in [5.41, 5.74) is 1.83. The first-order chi connectivity index (χ1) is 12.5. The van der Waals surface area contributed by atoms with Crippen molar-refractivity contribution in [2.24, 2.45) is 0 Å². The number of carbonyl (C=O) groups is 2. The highest BCUT2D eigenvalue weighted by molar-refractivity contribution is 6.34. The molecule has 0 atom stereocenters. The lowest BCUT2D eigenvalue weighted by Gasteiger charge is -2.09. The van der Waals surface area contributed by atoms with Crippen molar-refractivity contribution in [1.82, 2.24) is 9.88 Å². The molecule has 0 bridgehead atoms. The molecule has 0 aliphatic heterocycles. The SMILES string of the molecule is CNC(=O)c1cc(NC(=O)CCn2c(=O)oc3ccccc32)ccc1Cl. The number of para-hydroxylation sites is 2. The summed E-state index contributed by atoms with van der Waals surface area (Å²) in [4.78, 5) is 35.9. The fourth-order valence-electron chi connectivity index (χ4n) is 2.57. The van der Waals surface area contributed by atoms with Crippen LogP contribution in [0.15, 0.2) is 51.7 Å². The first kappa shape index (κ1) is 17.8. The van der Waals surface area contributed by atoms with E-state index in [1.807, 2.05) is 0 Å². The van der Waals surface area contributed by atoms with E-state index < -0.39 is 5.76 Å². The number of amides is 2. The molecule has 0 aliphatic carbocycles. The van der Waals surface area contributed by atoms with E-state index in [-0.39, 0.29) is 30.3 Å². The number of hydrogen-bond acceptors (Lipinski definition) is 4. The second-order valence-electron chi connectivity index (χ2n) is 5.56. The average molecular weight is 374 g/mol. The smallest absolute Gasteiger partial charge is 0.408 e. The Bertz CT molecular complexity index is 1040. The maximum atomic E-state index is 12.2. The van der Waals surface area contributed by atoms with Gasteiger partial charge in [0.05, 0.1) is 16.1 Å². The Balaban J connectivity index is 1.70. The predicted molar refractivity (Wildman–Crippen MR) is 98.6 cm³/mol. The van der Waals surface area contributed by atoms with Crippen molar-refractivity contribution >= 4 is 40.2 Å². The molecule has 2 N–H and O–H groups in total. The van der Waals surface area contributed by atoms with Gasteiger partial charge in [0.25, 0.3) is 5.91 Å². The Labute approximate surface area is 153 Å². The molecule has 0 spiro atoms. The fraction of sp³-hybridized carbons (Fsp3) is 0.167. The molecule has 1 aromatic heterocycles. The number of fused-ring (bicyclic) bond motifs is 1. The van der Waals surface area contributed by atoms with Gasteiger partial charge in [0.1, 0.15) is 0 Å². The topological polar surface area (TPSA) is 93.3 Å². The summed E-state index contributed by atoms with van der Waals surface area (Å²) in [6.45, 7) is 0.178. The summed E-state index contributed by atoms with van der Waals surface area (Å²) < 4.78 is 6.54. The predicted octanol–water partition coefficient (Wildman–Crippen LogP) is 2.64. The number of nitrogens with zero attached hydrogens (tertiary/aromatic N) is 1. The number of carbonyl (C=O) groups excluding carboxylic acids is 2. The highest BCUT2D eigenvalue weighted by Gasteiger charge is 2.13. The van der Waals surface area contributed by atoms with E-state index in [2.05, 4.69) is 10.6 Å². The van der Waals surface area contributed by atoms with E-state index >= 15 is 0 Å². The van der Waals surface area contributed by atoms with Crippen molar-refractivity contribution in [3.63, 3.8) is 0 Å². The summed E-state index contributed by atoms with van der Waals surface area (Å²) in [7, 11) is 1.50. The lowest BCUT2D eigenvalue weighted by Crippen LogP contribution is -2.21. The zero-order chi connectivity index (χ0) is 18.7. The van der Waals surface area contributed by atoms with Crippen LogP contribution >= 0.6 is 11.6 Å². The molecule has 2 aromatic carbocycles. The highest BCUT2D eigenvalue weighted by atomic mass is 35.5. The summed E-state index contributed by atoms with van der Waals surface area (Å²) in [5.74, 6) is -1.15. The van der Waals surface area contributed by atoms with Crippen molar-refractivity contribution in [3.05, 3.63) is 63.6 Å². The monoisotopic (exact) mass is 373 g/mol. The number of hydrogen-bond donors (Lipinski definition) is 2. The highest BCUT2D eigenvalue weighted by Crippen LogP contribution is 2.21. The Hall–Kier alpha value is -3.06. The largest absolute Gasteiger partial charge is 0.419 e. The third-order valence-corrected chi connectivity index (χ3v) is 4.19. The van der Waals surface area contributed by atoms with Crippen molar-refractivity contribution in [1.29, 1.82) is 0 Å². The minimum absolute atomic E-state index is 0.0708. The fourth-order valence-corrected chi connectivity index (χ4v) is 2.78. The van der Waals surface area contributed by atoms with E-state index in [4.69, 9.17) is 16.0 Å². The van der Waals surface area contributed by atoms with Gasteiger partial charge in [0.2, 0.25) is 5.91 Å². The second-order valence-corrected chi connectivity index (χ2v) is 5.97. The van der Waals surface area contributed by atoms with Crippen LogP contribution in [-0.2, 0) is 11.3 Å². The van der Waals surface area contributed by atoms with Crippen molar-refractivity contribution in [2.45, 2.75) is 13.0 Å². The van der Waals surface area contributed by atoms with E-state index in [9.17, 15) is 14.4 Å². The van der Waals surface area contributed by atoms with E-state index in [0.29, 0.717) is 21.8 Å². The number of halogens is 1. The molecule has 0 aliphatic rings. The van der Waals surface area contributed by atoms with Gasteiger partial charge >= 0.3 is 5.76 Å². The molecule has 134 valence electrons. The molecule has 1 heterocycles. The van der Waals surface area contributed by atoms with Crippen LogP contribution in [0.3, 0.4) is 0 Å². The third-order valence-electron chi connectivity index (χ3n) is 3.86. The summed E-state index contributed by atoms with van der Waals surface area (Å²) in [6.07, 6.45) is 0.0708. The molecule has 0 radical (unpaired) electrons. The van der Waals surface area contributed by atoms with E-state index in [0.717, 1.165) is 0 Å². The molecule has 7 nitrogen and oxygen atoms in total. The molecule has 8 heteroatoms. The molecule has 0 fully saturated rings. The first-order valence-corrected chi connectivity index (χ1v) is 8.27. The second kappa shape index (κ2) is 7.45. The van der Waals surface area contributed by atoms with Gasteiger partial charge in [-0.1, -0.05) is 23.7 Å². The number of aryl methyl sites for hydroxylation is 1. The molecule has 0 unspecified atom stereocenters. The molecule has 0 saturated heterocycles. The summed E-state index contributed by atoms with van der Waals surface area (Å²) in [5, 5.41) is 5.47. The Morgan fingerprint density at radius 1 is 1.19 bits per heavy atom. The number of aromatic nitrogens is 1. The molecule has 3 aromatic rings. The average Bonchev–Trinajstić information content (AvgIpc) is 2.96. The first-order valence-electron chi connectivity index (χ1n) is 7.89. The third kappa shape index (κ3) is 3.62. The van der Waals surface area contributed by atoms with Gasteiger partial charge in [-0.15, -0.1) is 0 Å². The van der Waals surface area contributed by atoms with Gasteiger partial charge in [-0.25, -0.2) is 4.79 Å². The molecular formula is C18H16ClN3O4. The van der Waals surface area contributed by atoms with Crippen LogP contribution in [0.4, 0.5) is 5.69 Å². The minimum Gasteiger partial charge on any atom is -0.408 e. The van der Waals surface area contributed by atoms with Crippen molar-refractivity contribution in [2.75, 3.05) is 12.4 Å². The van der Waals surface area contributed by atoms with Gasteiger partial charge in [0, 0.05) is 25.7 Å². The van der Waals surface area contributed by atoms with Crippen LogP contribution in [0.25, 0.3) is 11.1 Å². The van der Waals surface area contributed by atoms with Gasteiger partial charge in [-0.2, -0.15) is 0 Å². The minimum atomic E-state index is -0.507. The van der Waals surface area contributed by atoms with Crippen LogP contribution in [0.1, 0.15) is 16.8 Å². The lowest BCUT2D eigenvalue weighted by atomic mass is 10.2. The van der Waals surface area contributed by atoms with Crippen LogP contribution in [0, 0.1) is 0 Å². The Morgan fingerprint density at radius 3 is 2.73 bits per heavy atom. The number of oxazole rings is 1. The van der Waals surface area contributed by atoms with Gasteiger partial charge in [0.15, 0.2) is 5.58 Å². The normalized spacial score (nSPS) is 10.7. The molecule has 26 heavy (non-hydrogen) atoms. The zero-order valence-electron chi connectivity index (χ0n) is 13.9. The Morgan fingerprint density at radius 2 is 1.96 bits per heavy atom. The van der Waals surface area contributed by atoms with Gasteiger partial charge in [-0.3, -0.25) is 14.2 Å². The van der Waals surface area contributed by atoms with E-state index in [1.54, 1.807) is 30.3 Å². The van der Waals surface area contributed by atoms with Crippen molar-refractivity contribution in [3.8, 4) is 0 Å². The molecule has 2 amide bonds. The standard InChI is InChI=1S/C18H16ClN3O4/c1-20-17(24)12-10-11(6-7-13(12)19)21-16(23)8-9-22-14-4-2-3-5-15(14)26-18(22)25/h2-7,10H,8-9H2,1H3,(H,20,24)(H,21,23). The van der Waals surface area contributed by atoms with E-state index in [1.165, 1.54) is 23.7 Å². The molecule has 0 saturated carbocycles. The zero-order valence-corrected chi connectivity index (χ0v) is 14.7. The number of rotatable bonds is 5. The van der Waals surface area contributed by atoms with Crippen molar-refractivity contribution < 1.29 is 14.0 Å². The van der Waals surface area contributed by atoms with Crippen LogP contribution in [0.2, 0.25) is 5.02 Å². The number of nitrogens with one attached hydrogen (secondary N) is 2. The molecule has 3 rings (SSSR count). The Kier molecular flexibility index (Phi) is 5.09. The van der Waals surface area contributed by atoms with Crippen LogP contribution < -0.4 is 16.4 Å². The van der Waals surface area contributed by atoms with Gasteiger partial charge in [-0.05, 0) is 30.3 Å². The maximum absolute atomic E-state index is 12.2. The summed E-state index contributed by atoms with van der Waals surface area (Å²) >= 11 is 5.99. The summed E-state index contributed by atoms with van der Waals surface area (Å²) in [6, 6.07) is 11.7. The lowest BCUT2D eigenvalue weighted by molar-refractivity contribution is -0.116. The maximum Gasteiger partial charge on any atom is 0.419 e.